The summed E-state index contributed by atoms with van der Waals surface area (Å²) in [7, 11) is 1.53. The van der Waals surface area contributed by atoms with Crippen LogP contribution in [0.1, 0.15) is 5.56 Å². The fraction of sp³-hybridized carbons (Fsp3) is 0.167. The Balaban J connectivity index is 1.45. The minimum absolute atomic E-state index is 0.165. The van der Waals surface area contributed by atoms with Gasteiger partial charge in [0.15, 0.2) is 6.61 Å². The Morgan fingerprint density at radius 1 is 0.903 bits per heavy atom. The van der Waals surface area contributed by atoms with E-state index in [2.05, 4.69) is 26.6 Å². The smallest absolute Gasteiger partial charge is 0.258 e. The first-order chi connectivity index (χ1) is 14.9. The number of methoxy groups -OCH3 is 1. The summed E-state index contributed by atoms with van der Waals surface area (Å²) in [6, 6.07) is 20.9. The average Bonchev–Trinajstić information content (AvgIpc) is 2.77. The zero-order valence-corrected chi connectivity index (χ0v) is 18.9. The molecule has 0 fully saturated rings. The van der Waals surface area contributed by atoms with Crippen molar-refractivity contribution in [2.24, 2.45) is 0 Å². The van der Waals surface area contributed by atoms with E-state index in [0.717, 1.165) is 21.2 Å². The summed E-state index contributed by atoms with van der Waals surface area (Å²) < 4.78 is 11.8. The molecule has 0 aliphatic carbocycles. The van der Waals surface area contributed by atoms with Crippen LogP contribution in [0.4, 0.5) is 5.69 Å². The van der Waals surface area contributed by atoms with Crippen molar-refractivity contribution in [3.63, 3.8) is 0 Å². The van der Waals surface area contributed by atoms with Gasteiger partial charge in [-0.2, -0.15) is 0 Å². The molecule has 0 aliphatic heterocycles. The number of rotatable bonds is 8. The lowest BCUT2D eigenvalue weighted by molar-refractivity contribution is -0.125. The average molecular weight is 483 g/mol. The lowest BCUT2D eigenvalue weighted by atomic mass is 10.1. The number of anilines is 1. The van der Waals surface area contributed by atoms with Crippen LogP contribution in [0, 0.1) is 6.92 Å². The number of nitrogens with one attached hydrogen (secondary N) is 2. The quantitative estimate of drug-likeness (QED) is 0.493. The zero-order valence-electron chi connectivity index (χ0n) is 17.3. The molecule has 0 heterocycles. The van der Waals surface area contributed by atoms with Crippen LogP contribution in [-0.4, -0.2) is 32.1 Å². The van der Waals surface area contributed by atoms with Gasteiger partial charge >= 0.3 is 0 Å². The second-order valence-electron chi connectivity index (χ2n) is 6.85. The van der Waals surface area contributed by atoms with Gasteiger partial charge in [0.1, 0.15) is 11.5 Å². The molecule has 0 saturated heterocycles. The number of benzene rings is 3. The summed E-state index contributed by atoms with van der Waals surface area (Å²) in [5.41, 5.74) is 3.68. The van der Waals surface area contributed by atoms with E-state index in [1.165, 1.54) is 7.11 Å². The Labute approximate surface area is 189 Å². The number of hydrogen-bond donors (Lipinski definition) is 2. The van der Waals surface area contributed by atoms with Gasteiger partial charge in [0.25, 0.3) is 5.91 Å². The lowest BCUT2D eigenvalue weighted by Gasteiger charge is -2.12. The predicted octanol–water partition coefficient (Wildman–Crippen LogP) is 4.57. The highest BCUT2D eigenvalue weighted by Crippen LogP contribution is 2.25. The summed E-state index contributed by atoms with van der Waals surface area (Å²) in [5.74, 6) is 0.393. The molecule has 0 saturated carbocycles. The molecule has 160 valence electrons. The number of ether oxygens (including phenoxy) is 2. The summed E-state index contributed by atoms with van der Waals surface area (Å²) in [6.45, 7) is 1.57. The Kier molecular flexibility index (Phi) is 7.67. The molecular weight excluding hydrogens is 460 g/mol. The molecular formula is C24H23BrN2O4. The summed E-state index contributed by atoms with van der Waals surface area (Å²) in [4.78, 5) is 24.2. The Morgan fingerprint density at radius 2 is 1.55 bits per heavy atom. The fourth-order valence-corrected chi connectivity index (χ4v) is 3.14. The van der Waals surface area contributed by atoms with Crippen molar-refractivity contribution in [3.8, 4) is 22.6 Å². The standard InChI is InChI=1S/C24H23BrN2O4/c1-16-3-12-22(30-2)21(13-16)27-23(28)14-26-24(29)15-31-20-10-6-18(7-11-20)17-4-8-19(25)9-5-17/h3-13H,14-15H2,1-2H3,(H,26,29)(H,27,28). The first-order valence-electron chi connectivity index (χ1n) is 9.64. The van der Waals surface area contributed by atoms with Crippen molar-refractivity contribution in [2.75, 3.05) is 25.6 Å². The predicted molar refractivity (Wildman–Crippen MR) is 124 cm³/mol. The van der Waals surface area contributed by atoms with Gasteiger partial charge in [0.2, 0.25) is 5.91 Å². The lowest BCUT2D eigenvalue weighted by Crippen LogP contribution is -2.35. The summed E-state index contributed by atoms with van der Waals surface area (Å²) in [6.07, 6.45) is 0. The molecule has 2 N–H and O–H groups in total. The molecule has 3 aromatic carbocycles. The monoisotopic (exact) mass is 482 g/mol. The molecule has 31 heavy (non-hydrogen) atoms. The molecule has 3 rings (SSSR count). The van der Waals surface area contributed by atoms with Crippen LogP contribution in [0.5, 0.6) is 11.5 Å². The molecule has 7 heteroatoms. The third-order valence-corrected chi connectivity index (χ3v) is 5.01. The van der Waals surface area contributed by atoms with Crippen LogP contribution in [-0.2, 0) is 9.59 Å². The molecule has 0 spiro atoms. The number of carbonyl (C=O) groups excluding carboxylic acids is 2. The van der Waals surface area contributed by atoms with Crippen molar-refractivity contribution in [1.82, 2.24) is 5.32 Å². The van der Waals surface area contributed by atoms with Crippen LogP contribution in [0.3, 0.4) is 0 Å². The second kappa shape index (κ2) is 10.6. The molecule has 0 aromatic heterocycles. The zero-order chi connectivity index (χ0) is 22.2. The SMILES string of the molecule is COc1ccc(C)cc1NC(=O)CNC(=O)COc1ccc(-c2ccc(Br)cc2)cc1. The van der Waals surface area contributed by atoms with Gasteiger partial charge in [-0.15, -0.1) is 0 Å². The highest BCUT2D eigenvalue weighted by molar-refractivity contribution is 9.10. The van der Waals surface area contributed by atoms with Gasteiger partial charge < -0.3 is 20.1 Å². The maximum atomic E-state index is 12.1. The maximum Gasteiger partial charge on any atom is 0.258 e. The van der Waals surface area contributed by atoms with E-state index >= 15 is 0 Å². The third-order valence-electron chi connectivity index (χ3n) is 4.48. The largest absolute Gasteiger partial charge is 0.495 e. The highest BCUT2D eigenvalue weighted by atomic mass is 79.9. The highest BCUT2D eigenvalue weighted by Gasteiger charge is 2.10. The topological polar surface area (TPSA) is 76.7 Å². The van der Waals surface area contributed by atoms with Crippen molar-refractivity contribution in [1.29, 1.82) is 0 Å². The fourth-order valence-electron chi connectivity index (χ4n) is 2.88. The Bertz CT molecular complexity index is 1050. The molecule has 0 bridgehead atoms. The molecule has 0 unspecified atom stereocenters. The number of aryl methyl sites for hydroxylation is 1. The molecule has 0 atom stereocenters. The van der Waals surface area contributed by atoms with Crippen LogP contribution in [0.2, 0.25) is 0 Å². The maximum absolute atomic E-state index is 12.1. The van der Waals surface area contributed by atoms with Crippen LogP contribution in [0.15, 0.2) is 71.2 Å². The summed E-state index contributed by atoms with van der Waals surface area (Å²) >= 11 is 3.42. The van der Waals surface area contributed by atoms with E-state index < -0.39 is 0 Å². The minimum atomic E-state index is -0.386. The molecule has 3 aromatic rings. The third kappa shape index (κ3) is 6.58. The normalized spacial score (nSPS) is 10.3. The molecule has 0 aliphatic rings. The minimum Gasteiger partial charge on any atom is -0.495 e. The van der Waals surface area contributed by atoms with Gasteiger partial charge in [-0.3, -0.25) is 9.59 Å². The van der Waals surface area contributed by atoms with Crippen LogP contribution in [0.25, 0.3) is 11.1 Å². The van der Waals surface area contributed by atoms with Crippen molar-refractivity contribution < 1.29 is 19.1 Å². The number of hydrogen-bond acceptors (Lipinski definition) is 4. The number of carbonyl (C=O) groups is 2. The van der Waals surface area contributed by atoms with E-state index in [0.29, 0.717) is 17.2 Å². The Hall–Kier alpha value is -3.32. The van der Waals surface area contributed by atoms with Gasteiger partial charge in [-0.1, -0.05) is 46.3 Å². The summed E-state index contributed by atoms with van der Waals surface area (Å²) in [5, 5.41) is 5.28. The first-order valence-corrected chi connectivity index (χ1v) is 10.4. The Morgan fingerprint density at radius 3 is 2.19 bits per heavy atom. The molecule has 2 amide bonds. The second-order valence-corrected chi connectivity index (χ2v) is 7.76. The van der Waals surface area contributed by atoms with Gasteiger partial charge in [-0.05, 0) is 60.0 Å². The van der Waals surface area contributed by atoms with Gasteiger partial charge in [-0.25, -0.2) is 0 Å². The molecule has 6 nitrogen and oxygen atoms in total. The van der Waals surface area contributed by atoms with Crippen molar-refractivity contribution in [2.45, 2.75) is 6.92 Å². The van der Waals surface area contributed by atoms with Gasteiger partial charge in [0.05, 0.1) is 19.3 Å². The van der Waals surface area contributed by atoms with Gasteiger partial charge in [0, 0.05) is 4.47 Å². The van der Waals surface area contributed by atoms with E-state index in [1.807, 2.05) is 49.4 Å². The van der Waals surface area contributed by atoms with Crippen molar-refractivity contribution in [3.05, 3.63) is 76.8 Å². The number of halogens is 1. The first kappa shape index (κ1) is 22.4. The van der Waals surface area contributed by atoms with E-state index in [4.69, 9.17) is 9.47 Å². The van der Waals surface area contributed by atoms with E-state index in [-0.39, 0.29) is 25.0 Å². The van der Waals surface area contributed by atoms with Crippen LogP contribution >= 0.6 is 15.9 Å². The number of amides is 2. The van der Waals surface area contributed by atoms with Crippen molar-refractivity contribution >= 4 is 33.4 Å². The molecule has 0 radical (unpaired) electrons. The van der Waals surface area contributed by atoms with E-state index in [1.54, 1.807) is 24.3 Å². The van der Waals surface area contributed by atoms with Crippen LogP contribution < -0.4 is 20.1 Å². The van der Waals surface area contributed by atoms with E-state index in [9.17, 15) is 9.59 Å².